The molecule has 2 fully saturated rings. The Morgan fingerprint density at radius 2 is 2.14 bits per heavy atom. The van der Waals surface area contributed by atoms with Crippen LogP contribution >= 0.6 is 0 Å². The third-order valence-electron chi connectivity index (χ3n) is 4.09. The van der Waals surface area contributed by atoms with Crippen LogP contribution in [0.1, 0.15) is 11.6 Å². The highest BCUT2D eigenvalue weighted by Gasteiger charge is 2.49. The minimum Gasteiger partial charge on any atom is -0.375 e. The molecule has 0 aliphatic carbocycles. The van der Waals surface area contributed by atoms with E-state index in [9.17, 15) is 9.50 Å². The Labute approximate surface area is 127 Å². The molecule has 2 saturated heterocycles. The van der Waals surface area contributed by atoms with Crippen molar-refractivity contribution in [1.82, 2.24) is 4.90 Å². The SMILES string of the molecule is C=C1C(O)OC2(COC2)CN1C(CON)c1ccc(F)cc1. The van der Waals surface area contributed by atoms with Crippen LogP contribution in [0.25, 0.3) is 0 Å². The molecule has 120 valence electrons. The average Bonchev–Trinajstić information content (AvgIpc) is 2.47. The molecular weight excluding hydrogens is 291 g/mol. The van der Waals surface area contributed by atoms with Crippen molar-refractivity contribution in [3.63, 3.8) is 0 Å². The number of rotatable bonds is 4. The highest BCUT2D eigenvalue weighted by Crippen LogP contribution is 2.37. The van der Waals surface area contributed by atoms with Crippen LogP contribution in [0, 0.1) is 5.82 Å². The topological polar surface area (TPSA) is 77.2 Å². The Kier molecular flexibility index (Phi) is 4.16. The maximum absolute atomic E-state index is 13.1. The van der Waals surface area contributed by atoms with Gasteiger partial charge in [-0.15, -0.1) is 0 Å². The van der Waals surface area contributed by atoms with E-state index in [1.165, 1.54) is 12.1 Å². The molecule has 0 saturated carbocycles. The first-order valence-corrected chi connectivity index (χ1v) is 7.01. The molecule has 7 heteroatoms. The van der Waals surface area contributed by atoms with Gasteiger partial charge in [0.15, 0.2) is 6.29 Å². The van der Waals surface area contributed by atoms with Crippen molar-refractivity contribution < 1.29 is 23.8 Å². The van der Waals surface area contributed by atoms with Gasteiger partial charge in [0.1, 0.15) is 11.4 Å². The first-order chi connectivity index (χ1) is 10.5. The lowest BCUT2D eigenvalue weighted by molar-refractivity contribution is -0.293. The lowest BCUT2D eigenvalue weighted by atomic mass is 9.95. The first kappa shape index (κ1) is 15.4. The molecule has 0 radical (unpaired) electrons. The second-order valence-electron chi connectivity index (χ2n) is 5.67. The standard InChI is InChI=1S/C15H19FN2O4/c1-10-14(19)22-15(8-20-9-15)7-18(10)13(6-21-17)11-2-4-12(16)5-3-11/h2-5,13-14,19H,1,6-9,17H2. The summed E-state index contributed by atoms with van der Waals surface area (Å²) in [6, 6.07) is 5.78. The third kappa shape index (κ3) is 2.73. The summed E-state index contributed by atoms with van der Waals surface area (Å²) in [4.78, 5) is 6.70. The predicted octanol–water partition coefficient (Wildman–Crippen LogP) is 0.690. The molecular formula is C15H19FN2O4. The van der Waals surface area contributed by atoms with E-state index < -0.39 is 11.9 Å². The van der Waals surface area contributed by atoms with Gasteiger partial charge in [-0.05, 0) is 17.7 Å². The summed E-state index contributed by atoms with van der Waals surface area (Å²) in [5, 5.41) is 10.1. The summed E-state index contributed by atoms with van der Waals surface area (Å²) in [7, 11) is 0. The van der Waals surface area contributed by atoms with Crippen molar-refractivity contribution in [3.8, 4) is 0 Å². The number of nitrogens with two attached hydrogens (primary N) is 1. The molecule has 2 heterocycles. The Balaban J connectivity index is 1.88. The minimum atomic E-state index is -1.11. The van der Waals surface area contributed by atoms with E-state index in [-0.39, 0.29) is 18.5 Å². The second-order valence-corrected chi connectivity index (χ2v) is 5.67. The van der Waals surface area contributed by atoms with Crippen LogP contribution in [-0.4, -0.2) is 48.3 Å². The number of hydrogen-bond acceptors (Lipinski definition) is 6. The van der Waals surface area contributed by atoms with Crippen LogP contribution in [0.2, 0.25) is 0 Å². The lowest BCUT2D eigenvalue weighted by Crippen LogP contribution is -2.64. The quantitative estimate of drug-likeness (QED) is 0.797. The van der Waals surface area contributed by atoms with E-state index in [1.807, 2.05) is 4.90 Å². The van der Waals surface area contributed by atoms with E-state index >= 15 is 0 Å². The molecule has 0 bridgehead atoms. The molecule has 22 heavy (non-hydrogen) atoms. The lowest BCUT2D eigenvalue weighted by Gasteiger charge is -2.52. The zero-order chi connectivity index (χ0) is 15.7. The normalized spacial score (nSPS) is 25.1. The highest BCUT2D eigenvalue weighted by molar-refractivity contribution is 5.23. The number of hydrogen-bond donors (Lipinski definition) is 2. The minimum absolute atomic E-state index is 0.175. The number of ether oxygens (including phenoxy) is 2. The van der Waals surface area contributed by atoms with Crippen LogP contribution < -0.4 is 5.90 Å². The zero-order valence-electron chi connectivity index (χ0n) is 12.1. The predicted molar refractivity (Wildman–Crippen MR) is 75.8 cm³/mol. The Bertz CT molecular complexity index is 547. The number of aliphatic hydroxyl groups is 1. The van der Waals surface area contributed by atoms with Gasteiger partial charge in [-0.2, -0.15) is 0 Å². The highest BCUT2D eigenvalue weighted by atomic mass is 19.1. The van der Waals surface area contributed by atoms with Gasteiger partial charge in [0, 0.05) is 0 Å². The van der Waals surface area contributed by atoms with Gasteiger partial charge in [-0.3, -0.25) is 0 Å². The molecule has 0 aromatic heterocycles. The Morgan fingerprint density at radius 3 is 2.68 bits per heavy atom. The van der Waals surface area contributed by atoms with Crippen LogP contribution in [-0.2, 0) is 14.3 Å². The summed E-state index contributed by atoms with van der Waals surface area (Å²) < 4.78 is 23.9. The van der Waals surface area contributed by atoms with Crippen molar-refractivity contribution in [2.45, 2.75) is 17.9 Å². The van der Waals surface area contributed by atoms with Crippen molar-refractivity contribution >= 4 is 0 Å². The monoisotopic (exact) mass is 310 g/mol. The van der Waals surface area contributed by atoms with Crippen LogP contribution in [0.4, 0.5) is 4.39 Å². The van der Waals surface area contributed by atoms with Gasteiger partial charge in [0.2, 0.25) is 0 Å². The summed E-state index contributed by atoms with van der Waals surface area (Å²) in [6.45, 7) is 5.38. The van der Waals surface area contributed by atoms with Crippen molar-refractivity contribution in [2.75, 3.05) is 26.4 Å². The fourth-order valence-electron chi connectivity index (χ4n) is 2.84. The summed E-state index contributed by atoms with van der Waals surface area (Å²) in [6.07, 6.45) is -1.11. The van der Waals surface area contributed by atoms with Crippen molar-refractivity contribution in [3.05, 3.63) is 47.9 Å². The van der Waals surface area contributed by atoms with Crippen LogP contribution in [0.5, 0.6) is 0 Å². The van der Waals surface area contributed by atoms with Gasteiger partial charge in [0.25, 0.3) is 0 Å². The maximum Gasteiger partial charge on any atom is 0.196 e. The average molecular weight is 310 g/mol. The summed E-state index contributed by atoms with van der Waals surface area (Å²) >= 11 is 0. The van der Waals surface area contributed by atoms with E-state index in [0.29, 0.717) is 25.5 Å². The van der Waals surface area contributed by atoms with Gasteiger partial charge in [0.05, 0.1) is 38.1 Å². The van der Waals surface area contributed by atoms with E-state index in [1.54, 1.807) is 12.1 Å². The largest absolute Gasteiger partial charge is 0.375 e. The van der Waals surface area contributed by atoms with Gasteiger partial charge in [-0.1, -0.05) is 18.7 Å². The van der Waals surface area contributed by atoms with Crippen molar-refractivity contribution in [2.24, 2.45) is 5.90 Å². The number of morpholine rings is 1. The van der Waals surface area contributed by atoms with Crippen LogP contribution in [0.15, 0.2) is 36.5 Å². The molecule has 2 unspecified atom stereocenters. The molecule has 2 aliphatic rings. The smallest absolute Gasteiger partial charge is 0.196 e. The summed E-state index contributed by atoms with van der Waals surface area (Å²) in [5.41, 5.74) is 0.689. The molecule has 1 aromatic carbocycles. The van der Waals surface area contributed by atoms with E-state index in [2.05, 4.69) is 6.58 Å². The van der Waals surface area contributed by atoms with Crippen molar-refractivity contribution in [1.29, 1.82) is 0 Å². The number of benzene rings is 1. The molecule has 3 N–H and O–H groups in total. The second kappa shape index (κ2) is 5.94. The molecule has 2 atom stereocenters. The number of halogens is 1. The Morgan fingerprint density at radius 1 is 1.45 bits per heavy atom. The maximum atomic E-state index is 13.1. The molecule has 3 rings (SSSR count). The van der Waals surface area contributed by atoms with Crippen LogP contribution in [0.3, 0.4) is 0 Å². The molecule has 0 amide bonds. The van der Waals surface area contributed by atoms with Gasteiger partial charge < -0.3 is 24.3 Å². The molecule has 1 aromatic rings. The first-order valence-electron chi connectivity index (χ1n) is 7.01. The molecule has 6 nitrogen and oxygen atoms in total. The van der Waals surface area contributed by atoms with Gasteiger partial charge in [-0.25, -0.2) is 10.3 Å². The van der Waals surface area contributed by atoms with Gasteiger partial charge >= 0.3 is 0 Å². The third-order valence-corrected chi connectivity index (χ3v) is 4.09. The van der Waals surface area contributed by atoms with E-state index in [0.717, 1.165) is 5.56 Å². The zero-order valence-corrected chi connectivity index (χ0v) is 12.1. The molecule has 1 spiro atoms. The fourth-order valence-corrected chi connectivity index (χ4v) is 2.84. The summed E-state index contributed by atoms with van der Waals surface area (Å²) in [5.74, 6) is 4.93. The number of nitrogens with zero attached hydrogens (tertiary/aromatic N) is 1. The number of aliphatic hydroxyl groups excluding tert-OH is 1. The van der Waals surface area contributed by atoms with E-state index in [4.69, 9.17) is 20.2 Å². The Hall–Kier alpha value is -1.51. The fraction of sp³-hybridized carbons (Fsp3) is 0.467. The molecule has 2 aliphatic heterocycles.